The highest BCUT2D eigenvalue weighted by Gasteiger charge is 2.24. The Labute approximate surface area is 131 Å². The molecule has 0 amide bonds. The van der Waals surface area contributed by atoms with Crippen LogP contribution in [0.3, 0.4) is 0 Å². The van der Waals surface area contributed by atoms with Crippen LogP contribution in [0.25, 0.3) is 0 Å². The molecule has 0 aromatic heterocycles. The minimum Gasteiger partial charge on any atom is -0.496 e. The van der Waals surface area contributed by atoms with Crippen LogP contribution in [0.15, 0.2) is 23.1 Å². The number of benzene rings is 1. The second-order valence-electron chi connectivity index (χ2n) is 6.30. The monoisotopic (exact) mass is 329 g/mol. The summed E-state index contributed by atoms with van der Waals surface area (Å²) in [6.07, 6.45) is 0.715. The van der Waals surface area contributed by atoms with Gasteiger partial charge in [-0.3, -0.25) is 0 Å². The number of carboxylic acid groups (broad SMARTS) is 1. The maximum Gasteiger partial charge on any atom is 0.339 e. The summed E-state index contributed by atoms with van der Waals surface area (Å²) in [6, 6.07) is 3.77. The third-order valence-electron chi connectivity index (χ3n) is 3.29. The molecule has 22 heavy (non-hydrogen) atoms. The maximum atomic E-state index is 12.5. The normalized spacial score (nSPS) is 12.5. The van der Waals surface area contributed by atoms with Gasteiger partial charge in [0, 0.05) is 19.7 Å². The van der Waals surface area contributed by atoms with Crippen molar-refractivity contribution < 1.29 is 23.1 Å². The highest BCUT2D eigenvalue weighted by molar-refractivity contribution is 7.89. The molecule has 0 unspecified atom stereocenters. The fourth-order valence-electron chi connectivity index (χ4n) is 1.80. The first-order chi connectivity index (χ1) is 9.99. The number of ether oxygens (including phenoxy) is 1. The average molecular weight is 329 g/mol. The Morgan fingerprint density at radius 2 is 1.91 bits per heavy atom. The average Bonchev–Trinajstić information content (AvgIpc) is 2.42. The van der Waals surface area contributed by atoms with E-state index in [1.165, 1.54) is 36.7 Å². The molecular formula is C15H23NO5S. The van der Waals surface area contributed by atoms with Gasteiger partial charge in [-0.2, -0.15) is 0 Å². The number of aromatic carboxylic acids is 1. The molecule has 0 heterocycles. The van der Waals surface area contributed by atoms with Gasteiger partial charge in [-0.25, -0.2) is 17.5 Å². The molecule has 0 spiro atoms. The van der Waals surface area contributed by atoms with E-state index >= 15 is 0 Å². The zero-order valence-electron chi connectivity index (χ0n) is 13.6. The fraction of sp³-hybridized carbons (Fsp3) is 0.533. The lowest BCUT2D eigenvalue weighted by Gasteiger charge is -2.23. The maximum absolute atomic E-state index is 12.5. The molecule has 124 valence electrons. The molecule has 0 aliphatic carbocycles. The number of rotatable bonds is 6. The van der Waals surface area contributed by atoms with E-state index in [0.717, 1.165) is 0 Å². The van der Waals surface area contributed by atoms with Crippen molar-refractivity contribution in [3.63, 3.8) is 0 Å². The third-order valence-corrected chi connectivity index (χ3v) is 5.14. The molecule has 0 saturated heterocycles. The predicted molar refractivity (Wildman–Crippen MR) is 83.8 cm³/mol. The van der Waals surface area contributed by atoms with E-state index in [4.69, 9.17) is 9.84 Å². The van der Waals surface area contributed by atoms with Crippen LogP contribution in [-0.4, -0.2) is 44.5 Å². The van der Waals surface area contributed by atoms with Crippen LogP contribution in [0.1, 0.15) is 37.6 Å². The van der Waals surface area contributed by atoms with Crippen molar-refractivity contribution in [2.75, 3.05) is 20.7 Å². The summed E-state index contributed by atoms with van der Waals surface area (Å²) in [5.41, 5.74) is -0.0481. The van der Waals surface area contributed by atoms with Crippen LogP contribution in [0.5, 0.6) is 5.75 Å². The van der Waals surface area contributed by atoms with Gasteiger partial charge in [0.15, 0.2) is 0 Å². The third kappa shape index (κ3) is 4.45. The van der Waals surface area contributed by atoms with E-state index in [9.17, 15) is 13.2 Å². The van der Waals surface area contributed by atoms with Gasteiger partial charge < -0.3 is 9.84 Å². The molecular weight excluding hydrogens is 306 g/mol. The number of carbonyl (C=O) groups is 1. The highest BCUT2D eigenvalue weighted by Crippen LogP contribution is 2.26. The number of nitrogens with zero attached hydrogens (tertiary/aromatic N) is 1. The van der Waals surface area contributed by atoms with Crippen LogP contribution < -0.4 is 4.74 Å². The van der Waals surface area contributed by atoms with E-state index in [2.05, 4.69) is 0 Å². The van der Waals surface area contributed by atoms with Crippen LogP contribution in [-0.2, 0) is 10.0 Å². The second-order valence-corrected chi connectivity index (χ2v) is 8.35. The molecule has 1 aromatic rings. The summed E-state index contributed by atoms with van der Waals surface area (Å²) >= 11 is 0. The number of hydrogen-bond acceptors (Lipinski definition) is 4. The minimum atomic E-state index is -3.68. The first-order valence-corrected chi connectivity index (χ1v) is 8.31. The first-order valence-electron chi connectivity index (χ1n) is 6.87. The zero-order chi connectivity index (χ0) is 17.1. The molecule has 0 atom stereocenters. The van der Waals surface area contributed by atoms with Gasteiger partial charge >= 0.3 is 5.97 Å². The minimum absolute atomic E-state index is 0.0192. The van der Waals surface area contributed by atoms with Crippen LogP contribution >= 0.6 is 0 Å². The molecule has 1 N–H and O–H groups in total. The summed E-state index contributed by atoms with van der Waals surface area (Å²) in [4.78, 5) is 11.1. The lowest BCUT2D eigenvalue weighted by Crippen LogP contribution is -2.30. The van der Waals surface area contributed by atoms with Crippen LogP contribution in [0.4, 0.5) is 0 Å². The van der Waals surface area contributed by atoms with Crippen molar-refractivity contribution in [2.24, 2.45) is 5.41 Å². The van der Waals surface area contributed by atoms with Crippen LogP contribution in [0.2, 0.25) is 0 Å². The van der Waals surface area contributed by atoms with Gasteiger partial charge in [0.2, 0.25) is 10.0 Å². The van der Waals surface area contributed by atoms with Gasteiger partial charge in [-0.1, -0.05) is 20.8 Å². The highest BCUT2D eigenvalue weighted by atomic mass is 32.2. The summed E-state index contributed by atoms with van der Waals surface area (Å²) in [5, 5.41) is 9.03. The van der Waals surface area contributed by atoms with Gasteiger partial charge in [0.1, 0.15) is 11.3 Å². The largest absolute Gasteiger partial charge is 0.496 e. The Hall–Kier alpha value is -1.60. The number of carboxylic acids is 1. The Kier molecular flexibility index (Phi) is 5.59. The molecule has 7 heteroatoms. The van der Waals surface area contributed by atoms with E-state index < -0.39 is 16.0 Å². The summed E-state index contributed by atoms with van der Waals surface area (Å²) in [7, 11) is -0.856. The van der Waals surface area contributed by atoms with E-state index in [0.29, 0.717) is 13.0 Å². The zero-order valence-corrected chi connectivity index (χ0v) is 14.4. The molecule has 1 aromatic carbocycles. The Morgan fingerprint density at radius 3 is 2.36 bits per heavy atom. The standard InChI is InChI=1S/C15H23NO5S/c1-15(2,3)8-9-16(4)22(19,20)11-6-7-12(14(17)18)13(10-11)21-5/h6-7,10H,8-9H2,1-5H3,(H,17,18). The number of sulfonamides is 1. The van der Waals surface area contributed by atoms with Crippen molar-refractivity contribution in [3.05, 3.63) is 23.8 Å². The summed E-state index contributed by atoms with van der Waals surface area (Å²) in [5.74, 6) is -1.14. The SMILES string of the molecule is COc1cc(S(=O)(=O)N(C)CCC(C)(C)C)ccc1C(=O)O. The van der Waals surface area contributed by atoms with E-state index in [-0.39, 0.29) is 21.6 Å². The molecule has 0 saturated carbocycles. The Bertz CT molecular complexity index is 646. The first kappa shape index (κ1) is 18.4. The van der Waals surface area contributed by atoms with Crippen molar-refractivity contribution in [1.29, 1.82) is 0 Å². The van der Waals surface area contributed by atoms with Crippen LogP contribution in [0, 0.1) is 5.41 Å². The summed E-state index contributed by atoms with van der Waals surface area (Å²) in [6.45, 7) is 6.50. The van der Waals surface area contributed by atoms with Gasteiger partial charge in [-0.05, 0) is 24.0 Å². The second kappa shape index (κ2) is 6.66. The Morgan fingerprint density at radius 1 is 1.32 bits per heavy atom. The molecule has 0 radical (unpaired) electrons. The topological polar surface area (TPSA) is 83.9 Å². The van der Waals surface area contributed by atoms with Crippen molar-refractivity contribution in [3.8, 4) is 5.75 Å². The van der Waals surface area contributed by atoms with Crippen molar-refractivity contribution >= 4 is 16.0 Å². The fourth-order valence-corrected chi connectivity index (χ4v) is 2.99. The van der Waals surface area contributed by atoms with Gasteiger partial charge in [0.25, 0.3) is 0 Å². The van der Waals surface area contributed by atoms with E-state index in [1.807, 2.05) is 20.8 Å². The molecule has 0 bridgehead atoms. The molecule has 0 aliphatic rings. The number of hydrogen-bond donors (Lipinski definition) is 1. The smallest absolute Gasteiger partial charge is 0.339 e. The van der Waals surface area contributed by atoms with Crippen molar-refractivity contribution in [2.45, 2.75) is 32.1 Å². The molecule has 1 rings (SSSR count). The van der Waals surface area contributed by atoms with Crippen molar-refractivity contribution in [1.82, 2.24) is 4.31 Å². The lowest BCUT2D eigenvalue weighted by molar-refractivity contribution is 0.0693. The lowest BCUT2D eigenvalue weighted by atomic mass is 9.92. The molecule has 0 fully saturated rings. The Balaban J connectivity index is 3.10. The quantitative estimate of drug-likeness (QED) is 0.866. The molecule has 0 aliphatic heterocycles. The predicted octanol–water partition coefficient (Wildman–Crippen LogP) is 2.45. The number of methoxy groups -OCH3 is 1. The van der Waals surface area contributed by atoms with E-state index in [1.54, 1.807) is 0 Å². The van der Waals surface area contributed by atoms with Gasteiger partial charge in [0.05, 0.1) is 12.0 Å². The van der Waals surface area contributed by atoms with Gasteiger partial charge in [-0.15, -0.1) is 0 Å². The summed E-state index contributed by atoms with van der Waals surface area (Å²) < 4.78 is 31.3. The molecule has 6 nitrogen and oxygen atoms in total.